The fourth-order valence-electron chi connectivity index (χ4n) is 3.89. The zero-order valence-electron chi connectivity index (χ0n) is 16.6. The Morgan fingerprint density at radius 3 is 2.66 bits per heavy atom. The molecule has 0 spiro atoms. The van der Waals surface area contributed by atoms with Crippen molar-refractivity contribution in [2.75, 3.05) is 18.1 Å². The molecule has 2 atom stereocenters. The molecule has 0 N–H and O–H groups in total. The van der Waals surface area contributed by atoms with Gasteiger partial charge in [-0.2, -0.15) is 0 Å². The van der Waals surface area contributed by atoms with Gasteiger partial charge in [-0.05, 0) is 37.6 Å². The molecule has 3 aromatic rings. The molecule has 7 heteroatoms. The molecule has 29 heavy (non-hydrogen) atoms. The Bertz CT molecular complexity index is 1030. The molecule has 2 aromatic heterocycles. The van der Waals surface area contributed by atoms with Crippen LogP contribution in [-0.4, -0.2) is 39.6 Å². The zero-order chi connectivity index (χ0) is 20.4. The van der Waals surface area contributed by atoms with Crippen molar-refractivity contribution in [2.45, 2.75) is 32.7 Å². The molecule has 150 valence electrons. The van der Waals surface area contributed by atoms with E-state index in [1.54, 1.807) is 18.0 Å². The first kappa shape index (κ1) is 19.1. The summed E-state index contributed by atoms with van der Waals surface area (Å²) in [6, 6.07) is 12.6. The number of pyridine rings is 1. The highest BCUT2D eigenvalue weighted by atomic mass is 16.5. The highest BCUT2D eigenvalue weighted by molar-refractivity contribution is 6.08. The number of unbranched alkanes of at least 4 members (excludes halogenated alkanes) is 1. The van der Waals surface area contributed by atoms with Gasteiger partial charge in [-0.25, -0.2) is 4.98 Å². The maximum Gasteiger partial charge on any atom is 0.321 e. The van der Waals surface area contributed by atoms with Crippen LogP contribution in [0.3, 0.4) is 0 Å². The van der Waals surface area contributed by atoms with E-state index in [4.69, 9.17) is 9.72 Å². The number of hydrogen-bond donors (Lipinski definition) is 0. The van der Waals surface area contributed by atoms with Gasteiger partial charge in [-0.3, -0.25) is 24.0 Å². The van der Waals surface area contributed by atoms with Crippen molar-refractivity contribution in [3.8, 4) is 0 Å². The van der Waals surface area contributed by atoms with Gasteiger partial charge in [0.1, 0.15) is 6.04 Å². The SMILES string of the molecule is CCCCN1C(=O)[C@@H](C(=O)OCC)[C@@H](c2ccccn2)n2c1nc1ccccc12. The van der Waals surface area contributed by atoms with Crippen LogP contribution in [0.25, 0.3) is 11.0 Å². The first-order chi connectivity index (χ1) is 14.2. The smallest absolute Gasteiger partial charge is 0.321 e. The van der Waals surface area contributed by atoms with Crippen molar-refractivity contribution >= 4 is 28.9 Å². The number of anilines is 1. The Morgan fingerprint density at radius 1 is 1.14 bits per heavy atom. The molecule has 0 saturated heterocycles. The molecular formula is C22H24N4O3. The number of imidazole rings is 1. The van der Waals surface area contributed by atoms with Crippen molar-refractivity contribution < 1.29 is 14.3 Å². The van der Waals surface area contributed by atoms with Crippen molar-refractivity contribution in [3.63, 3.8) is 0 Å². The summed E-state index contributed by atoms with van der Waals surface area (Å²) in [5.41, 5.74) is 2.28. The number of aromatic nitrogens is 3. The Kier molecular flexibility index (Phi) is 5.29. The summed E-state index contributed by atoms with van der Waals surface area (Å²) in [4.78, 5) is 37.3. The van der Waals surface area contributed by atoms with Gasteiger partial charge < -0.3 is 4.74 Å². The first-order valence-electron chi connectivity index (χ1n) is 10.0. The Morgan fingerprint density at radius 2 is 1.93 bits per heavy atom. The molecule has 1 amide bonds. The molecule has 3 heterocycles. The van der Waals surface area contributed by atoms with E-state index in [0.29, 0.717) is 18.2 Å². The fraction of sp³-hybridized carbons (Fsp3) is 0.364. The van der Waals surface area contributed by atoms with Gasteiger partial charge in [0.25, 0.3) is 0 Å². The molecule has 1 aliphatic heterocycles. The van der Waals surface area contributed by atoms with E-state index in [9.17, 15) is 9.59 Å². The largest absolute Gasteiger partial charge is 0.465 e. The molecular weight excluding hydrogens is 368 g/mol. The van der Waals surface area contributed by atoms with Gasteiger partial charge in [-0.1, -0.05) is 31.5 Å². The Labute approximate surface area is 169 Å². The molecule has 1 aliphatic rings. The third kappa shape index (κ3) is 3.26. The second kappa shape index (κ2) is 8.03. The third-order valence-electron chi connectivity index (χ3n) is 5.21. The van der Waals surface area contributed by atoms with Crippen LogP contribution in [0.4, 0.5) is 5.95 Å². The molecule has 0 aliphatic carbocycles. The zero-order valence-corrected chi connectivity index (χ0v) is 16.6. The van der Waals surface area contributed by atoms with Crippen LogP contribution in [0.2, 0.25) is 0 Å². The third-order valence-corrected chi connectivity index (χ3v) is 5.21. The molecule has 0 saturated carbocycles. The van der Waals surface area contributed by atoms with E-state index in [2.05, 4.69) is 11.9 Å². The van der Waals surface area contributed by atoms with Crippen LogP contribution in [-0.2, 0) is 14.3 Å². The average Bonchev–Trinajstić information content (AvgIpc) is 3.12. The quantitative estimate of drug-likeness (QED) is 0.475. The summed E-state index contributed by atoms with van der Waals surface area (Å²) in [5, 5.41) is 0. The lowest BCUT2D eigenvalue weighted by Crippen LogP contribution is -2.50. The van der Waals surface area contributed by atoms with Crippen molar-refractivity contribution in [1.29, 1.82) is 0 Å². The van der Waals surface area contributed by atoms with E-state index in [0.717, 1.165) is 23.9 Å². The van der Waals surface area contributed by atoms with Crippen LogP contribution >= 0.6 is 0 Å². The lowest BCUT2D eigenvalue weighted by atomic mass is 9.92. The number of amides is 1. The summed E-state index contributed by atoms with van der Waals surface area (Å²) in [5.74, 6) is -1.26. The molecule has 7 nitrogen and oxygen atoms in total. The van der Waals surface area contributed by atoms with Gasteiger partial charge in [0, 0.05) is 12.7 Å². The van der Waals surface area contributed by atoms with Crippen molar-refractivity contribution in [2.24, 2.45) is 5.92 Å². The predicted molar refractivity (Wildman–Crippen MR) is 109 cm³/mol. The number of carbonyl (C=O) groups is 2. The number of para-hydroxylation sites is 2. The van der Waals surface area contributed by atoms with Gasteiger partial charge in [0.2, 0.25) is 11.9 Å². The lowest BCUT2D eigenvalue weighted by Gasteiger charge is -2.37. The second-order valence-electron chi connectivity index (χ2n) is 7.04. The molecule has 4 rings (SSSR count). The number of esters is 1. The summed E-state index contributed by atoms with van der Waals surface area (Å²) in [6.07, 6.45) is 3.42. The van der Waals surface area contributed by atoms with E-state index < -0.39 is 17.9 Å². The average molecular weight is 392 g/mol. The maximum absolute atomic E-state index is 13.5. The molecule has 0 unspecified atom stereocenters. The molecule has 0 bridgehead atoms. The lowest BCUT2D eigenvalue weighted by molar-refractivity contribution is -0.153. The van der Waals surface area contributed by atoms with Gasteiger partial charge in [0.05, 0.1) is 23.3 Å². The van der Waals surface area contributed by atoms with Gasteiger partial charge >= 0.3 is 5.97 Å². The topological polar surface area (TPSA) is 77.3 Å². The van der Waals surface area contributed by atoms with E-state index in [1.165, 1.54) is 0 Å². The standard InChI is InChI=1S/C22H24N4O3/c1-3-5-14-25-20(27)18(21(28)29-4-2)19(16-11-8-9-13-23-16)26-17-12-7-6-10-15(17)24-22(25)26/h6-13,18-19H,3-5,14H2,1-2H3/t18-,19+/m0/s1. The number of carbonyl (C=O) groups excluding carboxylic acids is 2. The fourth-order valence-corrected chi connectivity index (χ4v) is 3.89. The van der Waals surface area contributed by atoms with E-state index in [1.807, 2.05) is 47.0 Å². The van der Waals surface area contributed by atoms with Gasteiger partial charge in [-0.15, -0.1) is 0 Å². The van der Waals surface area contributed by atoms with Crippen molar-refractivity contribution in [1.82, 2.24) is 14.5 Å². The van der Waals surface area contributed by atoms with Crippen LogP contribution in [0, 0.1) is 5.92 Å². The minimum atomic E-state index is -1.01. The van der Waals surface area contributed by atoms with Crippen LogP contribution < -0.4 is 4.90 Å². The summed E-state index contributed by atoms with van der Waals surface area (Å²) < 4.78 is 7.28. The van der Waals surface area contributed by atoms with E-state index in [-0.39, 0.29) is 12.5 Å². The normalized spacial score (nSPS) is 18.7. The van der Waals surface area contributed by atoms with E-state index >= 15 is 0 Å². The summed E-state index contributed by atoms with van der Waals surface area (Å²) >= 11 is 0. The van der Waals surface area contributed by atoms with Crippen LogP contribution in [0.1, 0.15) is 38.4 Å². The Hall–Kier alpha value is -3.22. The first-order valence-corrected chi connectivity index (χ1v) is 10.0. The predicted octanol–water partition coefficient (Wildman–Crippen LogP) is 3.35. The van der Waals surface area contributed by atoms with Crippen molar-refractivity contribution in [3.05, 3.63) is 54.4 Å². The number of hydrogen-bond acceptors (Lipinski definition) is 5. The summed E-state index contributed by atoms with van der Waals surface area (Å²) in [6.45, 7) is 4.53. The molecule has 1 aromatic carbocycles. The highest BCUT2D eigenvalue weighted by Crippen LogP contribution is 2.40. The summed E-state index contributed by atoms with van der Waals surface area (Å²) in [7, 11) is 0. The number of fused-ring (bicyclic) bond motifs is 3. The minimum Gasteiger partial charge on any atom is -0.465 e. The number of rotatable bonds is 6. The number of ether oxygens (including phenoxy) is 1. The van der Waals surface area contributed by atoms with Crippen LogP contribution in [0.5, 0.6) is 0 Å². The number of nitrogens with zero attached hydrogens (tertiary/aromatic N) is 4. The van der Waals surface area contributed by atoms with Crippen LogP contribution in [0.15, 0.2) is 48.7 Å². The Balaban J connectivity index is 1.97. The molecule has 0 fully saturated rings. The highest BCUT2D eigenvalue weighted by Gasteiger charge is 2.48. The second-order valence-corrected chi connectivity index (χ2v) is 7.04. The minimum absolute atomic E-state index is 0.212. The monoisotopic (exact) mass is 392 g/mol. The molecule has 0 radical (unpaired) electrons. The number of benzene rings is 1. The van der Waals surface area contributed by atoms with Gasteiger partial charge in [0.15, 0.2) is 5.92 Å². The maximum atomic E-state index is 13.5.